The molecule has 0 saturated heterocycles. The van der Waals surface area contributed by atoms with E-state index in [4.69, 9.17) is 15.7 Å². The molecule has 21 heavy (non-hydrogen) atoms. The predicted molar refractivity (Wildman–Crippen MR) is 80.8 cm³/mol. The van der Waals surface area contributed by atoms with Gasteiger partial charge in [0.15, 0.2) is 5.84 Å². The Labute approximate surface area is 121 Å². The number of benzene rings is 2. The molecule has 2 aromatic carbocycles. The summed E-state index contributed by atoms with van der Waals surface area (Å²) in [6.07, 6.45) is 1.73. The number of oxime groups is 1. The fourth-order valence-electron chi connectivity index (χ4n) is 2.06. The van der Waals surface area contributed by atoms with Gasteiger partial charge in [0, 0.05) is 17.6 Å². The second kappa shape index (κ2) is 5.50. The number of ether oxygens (including phenoxy) is 1. The van der Waals surface area contributed by atoms with Crippen molar-refractivity contribution in [2.24, 2.45) is 10.9 Å². The van der Waals surface area contributed by atoms with Gasteiger partial charge in [-0.25, -0.2) is 0 Å². The van der Waals surface area contributed by atoms with Crippen LogP contribution >= 0.6 is 0 Å². The highest BCUT2D eigenvalue weighted by atomic mass is 16.5. The van der Waals surface area contributed by atoms with Crippen LogP contribution in [0.5, 0.6) is 11.5 Å². The van der Waals surface area contributed by atoms with Crippen molar-refractivity contribution in [1.29, 1.82) is 0 Å². The largest absolute Gasteiger partial charge is 0.457 e. The van der Waals surface area contributed by atoms with Gasteiger partial charge in [-0.2, -0.15) is 0 Å². The summed E-state index contributed by atoms with van der Waals surface area (Å²) in [6.45, 7) is 0. The standard InChI is InChI=1S/C16H13N3O2/c17-16(19-20)13-5-1-2-6-15(13)21-12-8-7-11-4-3-9-18-14(11)10-12/h1-10,20H,(H2,17,19). The van der Waals surface area contributed by atoms with E-state index in [0.717, 1.165) is 10.9 Å². The molecule has 0 atom stereocenters. The lowest BCUT2D eigenvalue weighted by molar-refractivity contribution is 0.318. The van der Waals surface area contributed by atoms with E-state index < -0.39 is 0 Å². The van der Waals surface area contributed by atoms with Crippen LogP contribution in [0.15, 0.2) is 65.9 Å². The van der Waals surface area contributed by atoms with Crippen molar-refractivity contribution < 1.29 is 9.94 Å². The van der Waals surface area contributed by atoms with E-state index in [-0.39, 0.29) is 5.84 Å². The molecule has 0 spiro atoms. The van der Waals surface area contributed by atoms with Crippen molar-refractivity contribution in [3.63, 3.8) is 0 Å². The van der Waals surface area contributed by atoms with E-state index in [1.54, 1.807) is 24.4 Å². The quantitative estimate of drug-likeness (QED) is 0.334. The third-order valence-electron chi connectivity index (χ3n) is 3.08. The van der Waals surface area contributed by atoms with Crippen LogP contribution in [0.3, 0.4) is 0 Å². The molecule has 0 bridgehead atoms. The number of nitrogens with two attached hydrogens (primary N) is 1. The molecule has 0 aliphatic rings. The van der Waals surface area contributed by atoms with Gasteiger partial charge in [0.2, 0.25) is 0 Å². The number of rotatable bonds is 3. The van der Waals surface area contributed by atoms with Gasteiger partial charge in [0.05, 0.1) is 11.1 Å². The molecule has 0 fully saturated rings. The van der Waals surface area contributed by atoms with Crippen molar-refractivity contribution in [1.82, 2.24) is 4.98 Å². The van der Waals surface area contributed by atoms with Crippen LogP contribution in [0.4, 0.5) is 0 Å². The summed E-state index contributed by atoms with van der Waals surface area (Å²) >= 11 is 0. The Bertz CT molecular complexity index is 815. The second-order valence-electron chi connectivity index (χ2n) is 4.44. The Morgan fingerprint density at radius 2 is 1.95 bits per heavy atom. The predicted octanol–water partition coefficient (Wildman–Crippen LogP) is 3.12. The summed E-state index contributed by atoms with van der Waals surface area (Å²) in [5.74, 6) is 1.16. The molecule has 3 rings (SSSR count). The van der Waals surface area contributed by atoms with E-state index in [0.29, 0.717) is 17.1 Å². The Morgan fingerprint density at radius 3 is 2.81 bits per heavy atom. The summed E-state index contributed by atoms with van der Waals surface area (Å²) in [4.78, 5) is 4.29. The van der Waals surface area contributed by atoms with Crippen LogP contribution in [-0.2, 0) is 0 Å². The summed E-state index contributed by atoms with van der Waals surface area (Å²) in [5.41, 5.74) is 7.02. The van der Waals surface area contributed by atoms with Gasteiger partial charge in [0.25, 0.3) is 0 Å². The van der Waals surface area contributed by atoms with Crippen LogP contribution in [0.25, 0.3) is 10.9 Å². The highest BCUT2D eigenvalue weighted by molar-refractivity contribution is 5.99. The van der Waals surface area contributed by atoms with Gasteiger partial charge in [-0.05, 0) is 30.3 Å². The van der Waals surface area contributed by atoms with Crippen molar-refractivity contribution in [3.8, 4) is 11.5 Å². The minimum atomic E-state index is 0.00418. The van der Waals surface area contributed by atoms with Gasteiger partial charge in [-0.15, -0.1) is 0 Å². The van der Waals surface area contributed by atoms with E-state index in [9.17, 15) is 0 Å². The molecule has 0 amide bonds. The van der Waals surface area contributed by atoms with Crippen LogP contribution in [-0.4, -0.2) is 16.0 Å². The first kappa shape index (κ1) is 12.9. The molecule has 5 nitrogen and oxygen atoms in total. The average molecular weight is 279 g/mol. The maximum Gasteiger partial charge on any atom is 0.173 e. The Kier molecular flexibility index (Phi) is 3.39. The molecule has 0 saturated carbocycles. The monoisotopic (exact) mass is 279 g/mol. The van der Waals surface area contributed by atoms with Crippen LogP contribution in [0.1, 0.15) is 5.56 Å². The zero-order valence-electron chi connectivity index (χ0n) is 11.1. The third-order valence-corrected chi connectivity index (χ3v) is 3.08. The lowest BCUT2D eigenvalue weighted by atomic mass is 10.2. The lowest BCUT2D eigenvalue weighted by Crippen LogP contribution is -2.14. The molecule has 1 heterocycles. The first-order valence-electron chi connectivity index (χ1n) is 6.37. The lowest BCUT2D eigenvalue weighted by Gasteiger charge is -2.10. The summed E-state index contributed by atoms with van der Waals surface area (Å²) in [5, 5.41) is 12.9. The van der Waals surface area contributed by atoms with Crippen molar-refractivity contribution >= 4 is 16.7 Å². The smallest absolute Gasteiger partial charge is 0.173 e. The fourth-order valence-corrected chi connectivity index (χ4v) is 2.06. The number of nitrogens with zero attached hydrogens (tertiary/aromatic N) is 2. The molecule has 3 N–H and O–H groups in total. The molecule has 1 aromatic heterocycles. The molecule has 0 aliphatic heterocycles. The van der Waals surface area contributed by atoms with E-state index >= 15 is 0 Å². The van der Waals surface area contributed by atoms with Crippen molar-refractivity contribution in [2.75, 3.05) is 0 Å². The van der Waals surface area contributed by atoms with Crippen LogP contribution in [0, 0.1) is 0 Å². The summed E-state index contributed by atoms with van der Waals surface area (Å²) in [7, 11) is 0. The maximum atomic E-state index is 8.82. The molecule has 0 radical (unpaired) electrons. The number of fused-ring (bicyclic) bond motifs is 1. The number of pyridine rings is 1. The highest BCUT2D eigenvalue weighted by Crippen LogP contribution is 2.27. The minimum absolute atomic E-state index is 0.00418. The molecule has 104 valence electrons. The second-order valence-corrected chi connectivity index (χ2v) is 4.44. The molecule has 5 heteroatoms. The zero-order valence-corrected chi connectivity index (χ0v) is 11.1. The topological polar surface area (TPSA) is 80.7 Å². The Hall–Kier alpha value is -3.08. The van der Waals surface area contributed by atoms with E-state index in [2.05, 4.69) is 10.1 Å². The number of hydrogen-bond acceptors (Lipinski definition) is 4. The fraction of sp³-hybridized carbons (Fsp3) is 0. The molecule has 3 aromatic rings. The molecule has 0 unspecified atom stereocenters. The molecule has 0 aliphatic carbocycles. The van der Waals surface area contributed by atoms with Crippen LogP contribution in [0.2, 0.25) is 0 Å². The Morgan fingerprint density at radius 1 is 1.10 bits per heavy atom. The third kappa shape index (κ3) is 2.62. The first-order chi connectivity index (χ1) is 10.3. The van der Waals surface area contributed by atoms with Gasteiger partial charge in [0.1, 0.15) is 11.5 Å². The minimum Gasteiger partial charge on any atom is -0.457 e. The zero-order chi connectivity index (χ0) is 14.7. The summed E-state index contributed by atoms with van der Waals surface area (Å²) < 4.78 is 5.83. The van der Waals surface area contributed by atoms with E-state index in [1.807, 2.05) is 36.4 Å². The van der Waals surface area contributed by atoms with Crippen LogP contribution < -0.4 is 10.5 Å². The SMILES string of the molecule is N/C(=N/O)c1ccccc1Oc1ccc2cccnc2c1. The number of aromatic nitrogens is 1. The summed E-state index contributed by atoms with van der Waals surface area (Å²) in [6, 6.07) is 16.6. The Balaban J connectivity index is 1.99. The van der Waals surface area contributed by atoms with Gasteiger partial charge in [-0.3, -0.25) is 4.98 Å². The average Bonchev–Trinajstić information content (AvgIpc) is 2.54. The molecular weight excluding hydrogens is 266 g/mol. The van der Waals surface area contributed by atoms with E-state index in [1.165, 1.54) is 0 Å². The van der Waals surface area contributed by atoms with Gasteiger partial charge < -0.3 is 15.7 Å². The van der Waals surface area contributed by atoms with Gasteiger partial charge >= 0.3 is 0 Å². The van der Waals surface area contributed by atoms with Gasteiger partial charge in [-0.1, -0.05) is 23.4 Å². The number of amidine groups is 1. The number of para-hydroxylation sites is 1. The first-order valence-corrected chi connectivity index (χ1v) is 6.37. The molecular formula is C16H13N3O2. The highest BCUT2D eigenvalue weighted by Gasteiger charge is 2.09. The normalized spacial score (nSPS) is 11.5. The maximum absolute atomic E-state index is 8.82. The number of hydrogen-bond donors (Lipinski definition) is 2. The van der Waals surface area contributed by atoms with Crippen molar-refractivity contribution in [3.05, 3.63) is 66.4 Å². The van der Waals surface area contributed by atoms with Crippen molar-refractivity contribution in [2.45, 2.75) is 0 Å².